The summed E-state index contributed by atoms with van der Waals surface area (Å²) < 4.78 is 11.2. The molecule has 0 aliphatic carbocycles. The van der Waals surface area contributed by atoms with E-state index in [9.17, 15) is 9.59 Å². The molecule has 8 heteroatoms. The van der Waals surface area contributed by atoms with Gasteiger partial charge in [0.25, 0.3) is 11.8 Å². The normalized spacial score (nSPS) is 15.2. The van der Waals surface area contributed by atoms with Gasteiger partial charge in [0.1, 0.15) is 11.2 Å². The smallest absolute Gasteiger partial charge is 0.260 e. The second-order valence-corrected chi connectivity index (χ2v) is 10.7. The van der Waals surface area contributed by atoms with Crippen LogP contribution in [0.2, 0.25) is 0 Å². The summed E-state index contributed by atoms with van der Waals surface area (Å²) in [5, 5.41) is 1.29. The van der Waals surface area contributed by atoms with Gasteiger partial charge in [0.15, 0.2) is 0 Å². The molecule has 2 amide bonds. The molecular weight excluding hydrogens is 599 g/mol. The third-order valence-electron chi connectivity index (χ3n) is 6.11. The lowest BCUT2D eigenvalue weighted by Crippen LogP contribution is -2.36. The first-order chi connectivity index (χ1) is 17.7. The topological polar surface area (TPSA) is 67.9 Å². The average molecular weight is 637 g/mol. The summed E-state index contributed by atoms with van der Waals surface area (Å²) in [5.41, 5.74) is 5.75. The van der Waals surface area contributed by atoms with Crippen LogP contribution < -0.4 is 15.2 Å². The van der Waals surface area contributed by atoms with Gasteiger partial charge < -0.3 is 8.92 Å². The third-order valence-corrected chi connectivity index (χ3v) is 7.13. The van der Waals surface area contributed by atoms with Gasteiger partial charge in [-0.3, -0.25) is 15.0 Å². The number of hydrogen-bond acceptors (Lipinski definition) is 5. The summed E-state index contributed by atoms with van der Waals surface area (Å²) in [4.78, 5) is 23.4. The zero-order valence-corrected chi connectivity index (χ0v) is 25.2. The minimum absolute atomic E-state index is 0.223. The Kier molecular flexibility index (Phi) is 12.7. The number of anilines is 1. The first kappa shape index (κ1) is 30.9. The summed E-state index contributed by atoms with van der Waals surface area (Å²) >= 11 is 2.12. The highest BCUT2D eigenvalue weighted by atomic mass is 127. The number of hydrogen-bond donors (Lipinski definition) is 1. The van der Waals surface area contributed by atoms with Crippen LogP contribution in [-0.4, -0.2) is 25.0 Å². The van der Waals surface area contributed by atoms with Crippen molar-refractivity contribution < 1.29 is 18.5 Å². The number of benzene rings is 2. The van der Waals surface area contributed by atoms with Gasteiger partial charge in [0, 0.05) is 33.2 Å². The largest absolute Gasteiger partial charge is 0.493 e. The summed E-state index contributed by atoms with van der Waals surface area (Å²) in [6, 6.07) is 13.2. The number of allylic oxidation sites excluding steroid dienone is 1. The van der Waals surface area contributed by atoms with E-state index in [1.54, 1.807) is 26.0 Å². The molecule has 2 aromatic carbocycles. The van der Waals surface area contributed by atoms with Crippen molar-refractivity contribution in [3.63, 3.8) is 0 Å². The van der Waals surface area contributed by atoms with Gasteiger partial charge in [0.05, 0.1) is 28.1 Å². The van der Waals surface area contributed by atoms with Crippen molar-refractivity contribution in [1.29, 1.82) is 0 Å². The first-order valence-corrected chi connectivity index (χ1v) is 15.6. The predicted octanol–water partition coefficient (Wildman–Crippen LogP) is 7.57. The van der Waals surface area contributed by atoms with Crippen LogP contribution in [0.4, 0.5) is 5.69 Å². The molecule has 0 aromatic heterocycles. The van der Waals surface area contributed by atoms with Crippen LogP contribution in [0, 0.1) is 18.3 Å². The molecule has 1 N–H and O–H groups in total. The maximum Gasteiger partial charge on any atom is 0.260 e. The number of nitrogens with zero attached hydrogens (tertiary/aromatic N) is 1. The van der Waals surface area contributed by atoms with Crippen molar-refractivity contribution in [3.05, 3.63) is 71.8 Å². The van der Waals surface area contributed by atoms with Crippen molar-refractivity contribution in [2.45, 2.75) is 47.5 Å². The Morgan fingerprint density at radius 3 is 2.41 bits per heavy atom. The molecule has 0 saturated carbocycles. The number of aryl methyl sites for hydroxylation is 1. The highest BCUT2D eigenvalue weighted by Gasteiger charge is 2.47. The number of rotatable bonds is 11. The summed E-state index contributed by atoms with van der Waals surface area (Å²) in [5.74, 6) is 0.984. The van der Waals surface area contributed by atoms with Gasteiger partial charge >= 0.3 is 0 Å². The minimum Gasteiger partial charge on any atom is -0.493 e. The van der Waals surface area contributed by atoms with Gasteiger partial charge in [-0.15, -0.1) is 0 Å². The van der Waals surface area contributed by atoms with Crippen LogP contribution >= 0.6 is 30.4 Å². The molecule has 1 aliphatic heterocycles. The Labute approximate surface area is 237 Å². The van der Waals surface area contributed by atoms with Crippen LogP contribution in [0.5, 0.6) is 5.75 Å². The number of para-hydroxylation sites is 1. The van der Waals surface area contributed by atoms with E-state index in [4.69, 9.17) is 8.92 Å². The molecule has 1 heterocycles. The Hall–Kier alpha value is -2.30. The molecule has 2 aromatic rings. The van der Waals surface area contributed by atoms with Crippen LogP contribution in [0.15, 0.2) is 55.1 Å². The van der Waals surface area contributed by atoms with Crippen LogP contribution in [0.1, 0.15) is 57.2 Å². The number of amides is 2. The molecule has 0 radical (unpaired) electrons. The molecule has 0 bridgehead atoms. The molecule has 1 saturated heterocycles. The van der Waals surface area contributed by atoms with E-state index >= 15 is 0 Å². The summed E-state index contributed by atoms with van der Waals surface area (Å²) in [6.45, 7) is 15.1. The number of halogens is 1. The van der Waals surface area contributed by atoms with Crippen LogP contribution in [0.25, 0.3) is 12.2 Å². The Morgan fingerprint density at radius 2 is 1.84 bits per heavy atom. The second-order valence-electron chi connectivity index (χ2n) is 9.29. The zero-order chi connectivity index (χ0) is 27.4. The molecule has 6 nitrogen and oxygen atoms in total. The molecular formula is C29H37IN2O4S. The third kappa shape index (κ3) is 8.61. The van der Waals surface area contributed by atoms with E-state index in [1.807, 2.05) is 30.3 Å². The van der Waals surface area contributed by atoms with Gasteiger partial charge in [-0.25, -0.2) is 5.01 Å². The lowest BCUT2D eigenvalue weighted by atomic mass is 9.93. The molecule has 1 atom stereocenters. The molecule has 1 unspecified atom stereocenters. The number of nitrogens with one attached hydrogen (secondary N) is 1. The Morgan fingerprint density at radius 1 is 1.14 bits per heavy atom. The highest BCUT2D eigenvalue weighted by molar-refractivity contribution is 14.2. The molecule has 1 aliphatic rings. The van der Waals surface area contributed by atoms with Gasteiger partial charge in [-0.2, -0.15) is 0 Å². The van der Waals surface area contributed by atoms with Gasteiger partial charge in [-0.1, -0.05) is 69.3 Å². The standard InChI is InChI=1S/C18H25IO2S.C11H12N2O2/c1-5-14(3)8-10-17-16(6-2)15(4)9-11-18(17)20-12-7-13-21-22-19;1-11(2)9(14)12-13(10(11)15)8-6-4-3-5-7-8/h6,8-11,14H,2,5,7,12-13H2,1,3-4H3;3-7H,1-2H3,(H,12,14)/b10-8-;. The fraction of sp³-hybridized carbons (Fsp3) is 0.379. The second kappa shape index (κ2) is 15.2. The van der Waals surface area contributed by atoms with Gasteiger partial charge in [-0.05, 0) is 56.0 Å². The molecule has 0 spiro atoms. The number of hydrazine groups is 1. The first-order valence-electron chi connectivity index (χ1n) is 12.3. The fourth-order valence-electron chi connectivity index (χ4n) is 3.45. The number of ether oxygens (including phenoxy) is 1. The van der Waals surface area contributed by atoms with E-state index in [1.165, 1.54) is 19.8 Å². The van der Waals surface area contributed by atoms with Crippen molar-refractivity contribution in [2.24, 2.45) is 11.3 Å². The molecule has 1 fully saturated rings. The monoisotopic (exact) mass is 636 g/mol. The van der Waals surface area contributed by atoms with E-state index in [2.05, 4.69) is 72.2 Å². The molecule has 37 heavy (non-hydrogen) atoms. The van der Waals surface area contributed by atoms with E-state index in [-0.39, 0.29) is 11.8 Å². The Balaban J connectivity index is 0.000000278. The number of carbonyl (C=O) groups excluding carboxylic acids is 2. The number of carbonyl (C=O) groups is 2. The predicted molar refractivity (Wildman–Crippen MR) is 163 cm³/mol. The van der Waals surface area contributed by atoms with E-state index < -0.39 is 5.41 Å². The SMILES string of the molecule is C=Cc1c(C)ccc(OCCCOSI)c1/C=C\C(C)CC.CC1(C)C(=O)NN(c2ccccc2)C1=O. The van der Waals surface area contributed by atoms with Crippen molar-refractivity contribution >= 4 is 60.1 Å². The maximum atomic E-state index is 11.9. The average Bonchev–Trinajstić information content (AvgIpc) is 3.11. The fourth-order valence-corrected chi connectivity index (χ4v) is 4.17. The van der Waals surface area contributed by atoms with Gasteiger partial charge in [0.2, 0.25) is 0 Å². The lowest BCUT2D eigenvalue weighted by molar-refractivity contribution is -0.133. The van der Waals surface area contributed by atoms with Crippen LogP contribution in [-0.2, 0) is 13.8 Å². The molecule has 200 valence electrons. The maximum absolute atomic E-state index is 11.9. The van der Waals surface area contributed by atoms with Crippen molar-refractivity contribution in [2.75, 3.05) is 18.2 Å². The zero-order valence-electron chi connectivity index (χ0n) is 22.3. The summed E-state index contributed by atoms with van der Waals surface area (Å²) in [6.07, 6.45) is 8.33. The Bertz CT molecular complexity index is 1090. The quantitative estimate of drug-likeness (QED) is 0.119. The van der Waals surface area contributed by atoms with Crippen molar-refractivity contribution in [1.82, 2.24) is 5.43 Å². The van der Waals surface area contributed by atoms with E-state index in [0.717, 1.165) is 29.7 Å². The van der Waals surface area contributed by atoms with Crippen LogP contribution in [0.3, 0.4) is 0 Å². The minimum atomic E-state index is -0.976. The summed E-state index contributed by atoms with van der Waals surface area (Å²) in [7, 11) is 1.36. The lowest BCUT2D eigenvalue weighted by Gasteiger charge is -2.16. The highest BCUT2D eigenvalue weighted by Crippen LogP contribution is 2.29. The molecule has 3 rings (SSSR count). The van der Waals surface area contributed by atoms with E-state index in [0.29, 0.717) is 24.8 Å². The van der Waals surface area contributed by atoms with Crippen molar-refractivity contribution in [3.8, 4) is 5.75 Å².